The highest BCUT2D eigenvalue weighted by Crippen LogP contribution is 2.26. The Kier molecular flexibility index (Phi) is 5.47. The average Bonchev–Trinajstić information content (AvgIpc) is 2.94. The van der Waals surface area contributed by atoms with Gasteiger partial charge < -0.3 is 4.90 Å². The number of amides is 1. The molecule has 1 aromatic carbocycles. The summed E-state index contributed by atoms with van der Waals surface area (Å²) in [5, 5.41) is 9.25. The van der Waals surface area contributed by atoms with Gasteiger partial charge in [0.1, 0.15) is 5.82 Å². The highest BCUT2D eigenvalue weighted by molar-refractivity contribution is 7.99. The molecule has 2 heterocycles. The Morgan fingerprint density at radius 1 is 1.12 bits per heavy atom. The molecule has 0 N–H and O–H groups in total. The standard InChI is InChI=1S/C19H26N4OS/c1-13-8-10-17(11-9-13)23-16(4)20-21-19(23)25-12-18(24)22-14(2)6-5-7-15(22)3/h8-11,14-15H,5-7,12H2,1-4H3/t14-,15+. The first-order valence-corrected chi connectivity index (χ1v) is 9.89. The molecule has 0 spiro atoms. The summed E-state index contributed by atoms with van der Waals surface area (Å²) in [6, 6.07) is 8.93. The molecule has 1 aromatic heterocycles. The van der Waals surface area contributed by atoms with Gasteiger partial charge in [-0.25, -0.2) is 0 Å². The van der Waals surface area contributed by atoms with Crippen LogP contribution in [0.3, 0.4) is 0 Å². The van der Waals surface area contributed by atoms with Gasteiger partial charge in [-0.1, -0.05) is 29.5 Å². The zero-order chi connectivity index (χ0) is 18.0. The summed E-state index contributed by atoms with van der Waals surface area (Å²) in [6.45, 7) is 8.31. The Labute approximate surface area is 153 Å². The van der Waals surface area contributed by atoms with E-state index >= 15 is 0 Å². The smallest absolute Gasteiger partial charge is 0.233 e. The minimum Gasteiger partial charge on any atom is -0.337 e. The average molecular weight is 359 g/mol. The quantitative estimate of drug-likeness (QED) is 0.781. The van der Waals surface area contributed by atoms with E-state index in [1.54, 1.807) is 0 Å². The van der Waals surface area contributed by atoms with E-state index in [4.69, 9.17) is 0 Å². The first-order chi connectivity index (χ1) is 12.0. The molecule has 0 bridgehead atoms. The molecule has 1 fully saturated rings. The van der Waals surface area contributed by atoms with Crippen molar-refractivity contribution < 1.29 is 4.79 Å². The first-order valence-electron chi connectivity index (χ1n) is 8.90. The van der Waals surface area contributed by atoms with Crippen LogP contribution in [0.25, 0.3) is 5.69 Å². The maximum Gasteiger partial charge on any atom is 0.233 e. The van der Waals surface area contributed by atoms with Gasteiger partial charge in [-0.2, -0.15) is 0 Å². The zero-order valence-corrected chi connectivity index (χ0v) is 16.2. The number of rotatable bonds is 4. The molecule has 2 atom stereocenters. The Hall–Kier alpha value is -1.82. The van der Waals surface area contributed by atoms with Gasteiger partial charge in [-0.3, -0.25) is 9.36 Å². The number of piperidine rings is 1. The summed E-state index contributed by atoms with van der Waals surface area (Å²) in [5.41, 5.74) is 2.25. The van der Waals surface area contributed by atoms with Gasteiger partial charge in [0.15, 0.2) is 5.16 Å². The molecule has 1 saturated heterocycles. The number of aromatic nitrogens is 3. The largest absolute Gasteiger partial charge is 0.337 e. The second kappa shape index (κ2) is 7.60. The molecule has 0 saturated carbocycles. The van der Waals surface area contributed by atoms with Crippen molar-refractivity contribution >= 4 is 17.7 Å². The van der Waals surface area contributed by atoms with Gasteiger partial charge in [0.2, 0.25) is 5.91 Å². The number of carbonyl (C=O) groups excluding carboxylic acids is 1. The predicted molar refractivity (Wildman–Crippen MR) is 101 cm³/mol. The van der Waals surface area contributed by atoms with Crippen LogP contribution in [0, 0.1) is 13.8 Å². The monoisotopic (exact) mass is 358 g/mol. The SMILES string of the molecule is Cc1ccc(-n2c(C)nnc2SCC(=O)N2[C@H](C)CCC[C@@H]2C)cc1. The maximum absolute atomic E-state index is 12.7. The number of aryl methyl sites for hydroxylation is 2. The molecule has 0 radical (unpaired) electrons. The third-order valence-corrected chi connectivity index (χ3v) is 5.81. The van der Waals surface area contributed by atoms with Crippen molar-refractivity contribution in [1.82, 2.24) is 19.7 Å². The van der Waals surface area contributed by atoms with Crippen molar-refractivity contribution in [3.63, 3.8) is 0 Å². The molecule has 1 aliphatic rings. The lowest BCUT2D eigenvalue weighted by Gasteiger charge is -2.39. The molecule has 3 rings (SSSR count). The number of likely N-dealkylation sites (tertiary alicyclic amines) is 1. The van der Waals surface area contributed by atoms with E-state index in [2.05, 4.69) is 60.1 Å². The van der Waals surface area contributed by atoms with Crippen LogP contribution in [0.15, 0.2) is 29.4 Å². The van der Waals surface area contributed by atoms with E-state index in [1.165, 1.54) is 23.7 Å². The van der Waals surface area contributed by atoms with Gasteiger partial charge in [-0.15, -0.1) is 10.2 Å². The molecule has 1 aliphatic heterocycles. The van der Waals surface area contributed by atoms with Gasteiger partial charge in [0.05, 0.1) is 5.75 Å². The van der Waals surface area contributed by atoms with Gasteiger partial charge in [0.25, 0.3) is 0 Å². The van der Waals surface area contributed by atoms with Crippen LogP contribution in [-0.2, 0) is 4.79 Å². The molecule has 2 aromatic rings. The van der Waals surface area contributed by atoms with E-state index in [0.717, 1.165) is 29.5 Å². The third kappa shape index (κ3) is 3.89. The Balaban J connectivity index is 1.74. The Bertz CT molecular complexity index is 730. The number of hydrogen-bond acceptors (Lipinski definition) is 4. The van der Waals surface area contributed by atoms with E-state index in [0.29, 0.717) is 17.8 Å². The van der Waals surface area contributed by atoms with Crippen LogP contribution in [0.1, 0.15) is 44.5 Å². The summed E-state index contributed by atoms with van der Waals surface area (Å²) in [7, 11) is 0. The van der Waals surface area contributed by atoms with Crippen LogP contribution < -0.4 is 0 Å². The highest BCUT2D eigenvalue weighted by Gasteiger charge is 2.29. The van der Waals surface area contributed by atoms with E-state index in [9.17, 15) is 4.79 Å². The molecule has 5 nitrogen and oxygen atoms in total. The van der Waals surface area contributed by atoms with Gasteiger partial charge in [-0.05, 0) is 59.1 Å². The van der Waals surface area contributed by atoms with Crippen molar-refractivity contribution in [3.8, 4) is 5.69 Å². The van der Waals surface area contributed by atoms with Crippen LogP contribution in [0.5, 0.6) is 0 Å². The van der Waals surface area contributed by atoms with Crippen molar-refractivity contribution in [2.24, 2.45) is 0 Å². The topological polar surface area (TPSA) is 51.0 Å². The maximum atomic E-state index is 12.7. The molecule has 0 aliphatic carbocycles. The van der Waals surface area contributed by atoms with E-state index in [-0.39, 0.29) is 5.91 Å². The number of carbonyl (C=O) groups is 1. The fraction of sp³-hybridized carbons (Fsp3) is 0.526. The van der Waals surface area contributed by atoms with Gasteiger partial charge >= 0.3 is 0 Å². The van der Waals surface area contributed by atoms with Crippen LogP contribution in [-0.4, -0.2) is 43.4 Å². The summed E-state index contributed by atoms with van der Waals surface area (Å²) in [6.07, 6.45) is 3.40. The molecule has 0 unspecified atom stereocenters. The van der Waals surface area contributed by atoms with Crippen molar-refractivity contribution in [2.75, 3.05) is 5.75 Å². The van der Waals surface area contributed by atoms with E-state index in [1.807, 2.05) is 11.5 Å². The zero-order valence-electron chi connectivity index (χ0n) is 15.4. The summed E-state index contributed by atoms with van der Waals surface area (Å²) in [5.74, 6) is 1.43. The number of nitrogens with zero attached hydrogens (tertiary/aromatic N) is 4. The van der Waals surface area contributed by atoms with Crippen LogP contribution in [0.4, 0.5) is 0 Å². The second-order valence-electron chi connectivity index (χ2n) is 6.92. The number of hydrogen-bond donors (Lipinski definition) is 0. The van der Waals surface area contributed by atoms with Crippen molar-refractivity contribution in [2.45, 2.75) is 64.2 Å². The lowest BCUT2D eigenvalue weighted by Crippen LogP contribution is -2.48. The predicted octanol–water partition coefficient (Wildman–Crippen LogP) is 3.77. The van der Waals surface area contributed by atoms with Gasteiger partial charge in [0, 0.05) is 17.8 Å². The lowest BCUT2D eigenvalue weighted by molar-refractivity contribution is -0.134. The Morgan fingerprint density at radius 3 is 2.40 bits per heavy atom. The second-order valence-corrected chi connectivity index (χ2v) is 7.86. The van der Waals surface area contributed by atoms with E-state index < -0.39 is 0 Å². The molecular weight excluding hydrogens is 332 g/mol. The minimum absolute atomic E-state index is 0.195. The minimum atomic E-state index is 0.195. The summed E-state index contributed by atoms with van der Waals surface area (Å²) >= 11 is 1.47. The molecule has 134 valence electrons. The summed E-state index contributed by atoms with van der Waals surface area (Å²) < 4.78 is 2.01. The number of benzene rings is 1. The molecule has 1 amide bonds. The fourth-order valence-electron chi connectivity index (χ4n) is 3.54. The Morgan fingerprint density at radius 2 is 1.76 bits per heavy atom. The normalized spacial score (nSPS) is 20.7. The first kappa shape index (κ1) is 18.0. The lowest BCUT2D eigenvalue weighted by atomic mass is 9.98. The molecule has 25 heavy (non-hydrogen) atoms. The number of thioether (sulfide) groups is 1. The molecule has 6 heteroatoms. The van der Waals surface area contributed by atoms with Crippen molar-refractivity contribution in [3.05, 3.63) is 35.7 Å². The highest BCUT2D eigenvalue weighted by atomic mass is 32.2. The van der Waals surface area contributed by atoms with Crippen LogP contribution in [0.2, 0.25) is 0 Å². The third-order valence-electron chi connectivity index (χ3n) is 4.89. The van der Waals surface area contributed by atoms with Crippen LogP contribution >= 0.6 is 11.8 Å². The fourth-order valence-corrected chi connectivity index (χ4v) is 4.41. The summed E-state index contributed by atoms with van der Waals surface area (Å²) in [4.78, 5) is 14.8. The van der Waals surface area contributed by atoms with Crippen molar-refractivity contribution in [1.29, 1.82) is 0 Å². The molecular formula is C19H26N4OS.